The van der Waals surface area contributed by atoms with Crippen LogP contribution in [0.3, 0.4) is 0 Å². The molecule has 1 atom stereocenters. The second kappa shape index (κ2) is 6.45. The Kier molecular flexibility index (Phi) is 4.88. The van der Waals surface area contributed by atoms with Crippen LogP contribution in [0.1, 0.15) is 12.8 Å². The first kappa shape index (κ1) is 15.1. The van der Waals surface area contributed by atoms with E-state index in [9.17, 15) is 8.42 Å². The highest BCUT2D eigenvalue weighted by Gasteiger charge is 2.27. The SMILES string of the molecule is COc1ccc(OCC(N)C2CCS(=O)(=O)CC2)cc1. The van der Waals surface area contributed by atoms with Crippen molar-refractivity contribution < 1.29 is 17.9 Å². The minimum Gasteiger partial charge on any atom is -0.497 e. The molecule has 0 aromatic heterocycles. The fourth-order valence-corrected chi connectivity index (χ4v) is 3.86. The molecule has 5 nitrogen and oxygen atoms in total. The molecule has 2 N–H and O–H groups in total. The van der Waals surface area contributed by atoms with E-state index >= 15 is 0 Å². The first-order valence-corrected chi connectivity index (χ1v) is 8.55. The first-order chi connectivity index (χ1) is 9.50. The van der Waals surface area contributed by atoms with Gasteiger partial charge in [-0.25, -0.2) is 8.42 Å². The summed E-state index contributed by atoms with van der Waals surface area (Å²) in [6.07, 6.45) is 1.27. The number of nitrogens with two attached hydrogens (primary N) is 1. The van der Waals surface area contributed by atoms with Crippen LogP contribution >= 0.6 is 0 Å². The van der Waals surface area contributed by atoms with Crippen molar-refractivity contribution in [3.05, 3.63) is 24.3 Å². The third-order valence-electron chi connectivity index (χ3n) is 3.71. The Bertz CT molecular complexity index is 513. The van der Waals surface area contributed by atoms with Crippen LogP contribution in [0.15, 0.2) is 24.3 Å². The summed E-state index contributed by atoms with van der Waals surface area (Å²) in [6.45, 7) is 0.400. The van der Waals surface area contributed by atoms with Gasteiger partial charge in [0.1, 0.15) is 27.9 Å². The molecule has 1 heterocycles. The van der Waals surface area contributed by atoms with Crippen LogP contribution in [0.2, 0.25) is 0 Å². The number of benzene rings is 1. The first-order valence-electron chi connectivity index (χ1n) is 6.73. The van der Waals surface area contributed by atoms with Gasteiger partial charge in [-0.2, -0.15) is 0 Å². The fourth-order valence-electron chi connectivity index (χ4n) is 2.34. The smallest absolute Gasteiger partial charge is 0.150 e. The molecule has 1 aromatic rings. The zero-order valence-electron chi connectivity index (χ0n) is 11.6. The van der Waals surface area contributed by atoms with Crippen LogP contribution in [-0.4, -0.2) is 39.7 Å². The quantitative estimate of drug-likeness (QED) is 0.884. The van der Waals surface area contributed by atoms with Gasteiger partial charge >= 0.3 is 0 Å². The van der Waals surface area contributed by atoms with Crippen molar-refractivity contribution in [2.24, 2.45) is 11.7 Å². The molecule has 0 bridgehead atoms. The molecule has 1 aliphatic rings. The molecule has 0 spiro atoms. The van der Waals surface area contributed by atoms with Crippen LogP contribution in [0.4, 0.5) is 0 Å². The van der Waals surface area contributed by atoms with Gasteiger partial charge in [-0.05, 0) is 43.0 Å². The number of methoxy groups -OCH3 is 1. The number of sulfone groups is 1. The zero-order chi connectivity index (χ0) is 14.6. The molecule has 1 aromatic carbocycles. The molecule has 1 fully saturated rings. The Morgan fingerprint density at radius 3 is 2.30 bits per heavy atom. The Labute approximate surface area is 120 Å². The topological polar surface area (TPSA) is 78.6 Å². The lowest BCUT2D eigenvalue weighted by Gasteiger charge is -2.27. The van der Waals surface area contributed by atoms with E-state index in [1.54, 1.807) is 7.11 Å². The van der Waals surface area contributed by atoms with Gasteiger partial charge in [0.05, 0.1) is 18.6 Å². The summed E-state index contributed by atoms with van der Waals surface area (Å²) in [5.41, 5.74) is 6.10. The molecule has 0 amide bonds. The summed E-state index contributed by atoms with van der Waals surface area (Å²) >= 11 is 0. The van der Waals surface area contributed by atoms with Crippen molar-refractivity contribution >= 4 is 9.84 Å². The average Bonchev–Trinajstić information content (AvgIpc) is 2.45. The molecule has 112 valence electrons. The maximum Gasteiger partial charge on any atom is 0.150 e. The van der Waals surface area contributed by atoms with Crippen LogP contribution in [0.25, 0.3) is 0 Å². The fraction of sp³-hybridized carbons (Fsp3) is 0.571. The van der Waals surface area contributed by atoms with E-state index in [4.69, 9.17) is 15.2 Å². The predicted octanol–water partition coefficient (Wildman–Crippen LogP) is 1.23. The van der Waals surface area contributed by atoms with Gasteiger partial charge in [0, 0.05) is 6.04 Å². The largest absolute Gasteiger partial charge is 0.497 e. The van der Waals surface area contributed by atoms with Gasteiger partial charge < -0.3 is 15.2 Å². The van der Waals surface area contributed by atoms with E-state index in [2.05, 4.69) is 0 Å². The maximum atomic E-state index is 11.4. The maximum absolute atomic E-state index is 11.4. The van der Waals surface area contributed by atoms with Crippen LogP contribution < -0.4 is 15.2 Å². The van der Waals surface area contributed by atoms with E-state index in [1.807, 2.05) is 24.3 Å². The van der Waals surface area contributed by atoms with Gasteiger partial charge in [-0.1, -0.05) is 0 Å². The van der Waals surface area contributed by atoms with Gasteiger partial charge in [0.2, 0.25) is 0 Å². The molecule has 20 heavy (non-hydrogen) atoms. The summed E-state index contributed by atoms with van der Waals surface area (Å²) in [6, 6.07) is 7.18. The van der Waals surface area contributed by atoms with E-state index in [0.717, 1.165) is 11.5 Å². The summed E-state index contributed by atoms with van der Waals surface area (Å²) in [5.74, 6) is 2.22. The Morgan fingerprint density at radius 2 is 1.75 bits per heavy atom. The van der Waals surface area contributed by atoms with Gasteiger partial charge in [-0.15, -0.1) is 0 Å². The highest BCUT2D eigenvalue weighted by molar-refractivity contribution is 7.91. The normalized spacial score (nSPS) is 20.3. The average molecular weight is 299 g/mol. The summed E-state index contributed by atoms with van der Waals surface area (Å²) in [4.78, 5) is 0. The Hall–Kier alpha value is -1.27. The molecular formula is C14H21NO4S. The van der Waals surface area contributed by atoms with E-state index in [0.29, 0.717) is 19.4 Å². The second-order valence-corrected chi connectivity index (χ2v) is 7.44. The van der Waals surface area contributed by atoms with Crippen molar-refractivity contribution in [2.75, 3.05) is 25.2 Å². The minimum absolute atomic E-state index is 0.132. The molecule has 1 unspecified atom stereocenters. The number of ether oxygens (including phenoxy) is 2. The summed E-state index contributed by atoms with van der Waals surface area (Å²) in [5, 5.41) is 0. The highest BCUT2D eigenvalue weighted by Crippen LogP contribution is 2.22. The molecule has 0 aliphatic carbocycles. The minimum atomic E-state index is -2.83. The lowest BCUT2D eigenvalue weighted by Crippen LogP contribution is -2.40. The van der Waals surface area contributed by atoms with Crippen molar-refractivity contribution in [3.63, 3.8) is 0 Å². The monoisotopic (exact) mass is 299 g/mol. The highest BCUT2D eigenvalue weighted by atomic mass is 32.2. The Balaban J connectivity index is 1.81. The van der Waals surface area contributed by atoms with E-state index in [1.165, 1.54) is 0 Å². The lowest BCUT2D eigenvalue weighted by molar-refractivity contribution is 0.237. The standard InChI is InChI=1S/C14H21NO4S/c1-18-12-2-4-13(5-3-12)19-10-14(15)11-6-8-20(16,17)9-7-11/h2-5,11,14H,6-10,15H2,1H3. The molecule has 1 saturated heterocycles. The van der Waals surface area contributed by atoms with Crippen LogP contribution in [-0.2, 0) is 9.84 Å². The van der Waals surface area contributed by atoms with Gasteiger partial charge in [0.25, 0.3) is 0 Å². The molecule has 1 aliphatic heterocycles. The summed E-state index contributed by atoms with van der Waals surface area (Å²) in [7, 11) is -1.22. The number of hydrogen-bond donors (Lipinski definition) is 1. The third kappa shape index (κ3) is 4.11. The van der Waals surface area contributed by atoms with Crippen molar-refractivity contribution in [3.8, 4) is 11.5 Å². The van der Waals surface area contributed by atoms with Crippen molar-refractivity contribution in [2.45, 2.75) is 18.9 Å². The lowest BCUT2D eigenvalue weighted by atomic mass is 9.95. The zero-order valence-corrected chi connectivity index (χ0v) is 12.4. The Morgan fingerprint density at radius 1 is 1.20 bits per heavy atom. The van der Waals surface area contributed by atoms with Crippen LogP contribution in [0, 0.1) is 5.92 Å². The van der Waals surface area contributed by atoms with Gasteiger partial charge in [-0.3, -0.25) is 0 Å². The predicted molar refractivity (Wildman–Crippen MR) is 77.8 cm³/mol. The molecule has 0 radical (unpaired) electrons. The van der Waals surface area contributed by atoms with Crippen molar-refractivity contribution in [1.29, 1.82) is 0 Å². The number of hydrogen-bond acceptors (Lipinski definition) is 5. The number of rotatable bonds is 5. The molecule has 6 heteroatoms. The molecule has 0 saturated carbocycles. The molecule has 2 rings (SSSR count). The molecular weight excluding hydrogens is 278 g/mol. The van der Waals surface area contributed by atoms with E-state index < -0.39 is 9.84 Å². The van der Waals surface area contributed by atoms with Crippen molar-refractivity contribution in [1.82, 2.24) is 0 Å². The summed E-state index contributed by atoms with van der Waals surface area (Å²) < 4.78 is 33.5. The van der Waals surface area contributed by atoms with Crippen LogP contribution in [0.5, 0.6) is 11.5 Å². The van der Waals surface area contributed by atoms with E-state index in [-0.39, 0.29) is 23.5 Å². The second-order valence-electron chi connectivity index (χ2n) is 5.14. The van der Waals surface area contributed by atoms with Gasteiger partial charge in [0.15, 0.2) is 0 Å². The third-order valence-corrected chi connectivity index (χ3v) is 5.42.